The molecule has 0 aliphatic heterocycles. The topological polar surface area (TPSA) is 47.0 Å². The van der Waals surface area contributed by atoms with Crippen molar-refractivity contribution in [3.05, 3.63) is 10.0 Å². The highest BCUT2D eigenvalue weighted by Gasteiger charge is 2.10. The Balaban J connectivity index is 2.31. The van der Waals surface area contributed by atoms with Gasteiger partial charge >= 0.3 is 0 Å². The Bertz CT molecular complexity index is 304. The Morgan fingerprint density at radius 1 is 1.35 bits per heavy atom. The van der Waals surface area contributed by atoms with Crippen LogP contribution in [0.25, 0.3) is 0 Å². The first-order valence-corrected chi connectivity index (χ1v) is 7.23. The molecule has 0 aliphatic rings. The van der Waals surface area contributed by atoms with Crippen LogP contribution in [0.3, 0.4) is 0 Å². The SMILES string of the molecule is CCCNC(C)c1nnc(CCCOCC)s1. The van der Waals surface area contributed by atoms with Crippen LogP contribution in [0, 0.1) is 0 Å². The van der Waals surface area contributed by atoms with Crippen LogP contribution in [-0.2, 0) is 11.2 Å². The van der Waals surface area contributed by atoms with Crippen LogP contribution in [0.1, 0.15) is 49.7 Å². The fourth-order valence-electron chi connectivity index (χ4n) is 1.46. The molecule has 0 spiro atoms. The Morgan fingerprint density at radius 2 is 2.18 bits per heavy atom. The highest BCUT2D eigenvalue weighted by atomic mass is 32.1. The second-order valence-corrected chi connectivity index (χ2v) is 5.10. The molecule has 1 atom stereocenters. The van der Waals surface area contributed by atoms with Crippen molar-refractivity contribution in [1.82, 2.24) is 15.5 Å². The molecule has 1 aromatic heterocycles. The summed E-state index contributed by atoms with van der Waals surface area (Å²) in [7, 11) is 0. The van der Waals surface area contributed by atoms with Crippen LogP contribution in [0.4, 0.5) is 0 Å². The van der Waals surface area contributed by atoms with Gasteiger partial charge in [0.15, 0.2) is 0 Å². The highest BCUT2D eigenvalue weighted by molar-refractivity contribution is 7.11. The lowest BCUT2D eigenvalue weighted by molar-refractivity contribution is 0.145. The molecule has 0 saturated heterocycles. The molecule has 98 valence electrons. The van der Waals surface area contributed by atoms with Gasteiger partial charge in [-0.05, 0) is 33.2 Å². The maximum Gasteiger partial charge on any atom is 0.134 e. The predicted molar refractivity (Wildman–Crippen MR) is 71.4 cm³/mol. The summed E-state index contributed by atoms with van der Waals surface area (Å²) < 4.78 is 5.31. The zero-order valence-electron chi connectivity index (χ0n) is 11.0. The minimum Gasteiger partial charge on any atom is -0.382 e. The Labute approximate surface area is 108 Å². The number of aromatic nitrogens is 2. The molecule has 0 fully saturated rings. The first-order valence-electron chi connectivity index (χ1n) is 6.41. The highest BCUT2D eigenvalue weighted by Crippen LogP contribution is 2.18. The van der Waals surface area contributed by atoms with E-state index < -0.39 is 0 Å². The number of hydrogen-bond acceptors (Lipinski definition) is 5. The van der Waals surface area contributed by atoms with Gasteiger partial charge in [0.05, 0.1) is 6.04 Å². The molecule has 0 saturated carbocycles. The Hall–Kier alpha value is -0.520. The number of nitrogens with one attached hydrogen (secondary N) is 1. The number of ether oxygens (including phenoxy) is 1. The van der Waals surface area contributed by atoms with Crippen LogP contribution in [0.15, 0.2) is 0 Å². The van der Waals surface area contributed by atoms with Crippen LogP contribution < -0.4 is 5.32 Å². The monoisotopic (exact) mass is 257 g/mol. The van der Waals surface area contributed by atoms with Gasteiger partial charge < -0.3 is 10.1 Å². The minimum atomic E-state index is 0.313. The molecule has 1 N–H and O–H groups in total. The summed E-state index contributed by atoms with van der Waals surface area (Å²) in [5, 5.41) is 14.1. The van der Waals surface area contributed by atoms with E-state index in [-0.39, 0.29) is 0 Å². The fraction of sp³-hybridized carbons (Fsp3) is 0.833. The molecule has 1 unspecified atom stereocenters. The molecular formula is C12H23N3OS. The van der Waals surface area contributed by atoms with E-state index >= 15 is 0 Å². The van der Waals surface area contributed by atoms with Crippen LogP contribution in [0.5, 0.6) is 0 Å². The third-order valence-electron chi connectivity index (χ3n) is 2.44. The molecule has 0 aliphatic carbocycles. The van der Waals surface area contributed by atoms with E-state index in [1.54, 1.807) is 11.3 Å². The molecule has 0 amide bonds. The average molecular weight is 257 g/mol. The van der Waals surface area contributed by atoms with E-state index in [0.29, 0.717) is 6.04 Å². The summed E-state index contributed by atoms with van der Waals surface area (Å²) in [6, 6.07) is 0.313. The number of rotatable bonds is 9. The van der Waals surface area contributed by atoms with Crippen LogP contribution in [0.2, 0.25) is 0 Å². The van der Waals surface area contributed by atoms with Gasteiger partial charge in [-0.2, -0.15) is 0 Å². The molecule has 1 rings (SSSR count). The van der Waals surface area contributed by atoms with Crippen molar-refractivity contribution in [3.8, 4) is 0 Å². The van der Waals surface area contributed by atoms with E-state index in [4.69, 9.17) is 4.74 Å². The molecule has 1 heterocycles. The molecule has 5 heteroatoms. The van der Waals surface area contributed by atoms with Crippen LogP contribution >= 0.6 is 11.3 Å². The van der Waals surface area contributed by atoms with Gasteiger partial charge in [-0.25, -0.2) is 0 Å². The largest absolute Gasteiger partial charge is 0.382 e. The van der Waals surface area contributed by atoms with Gasteiger partial charge in [0.1, 0.15) is 10.0 Å². The zero-order chi connectivity index (χ0) is 12.5. The Morgan fingerprint density at radius 3 is 2.88 bits per heavy atom. The van der Waals surface area contributed by atoms with Gasteiger partial charge in [-0.15, -0.1) is 10.2 Å². The third-order valence-corrected chi connectivity index (χ3v) is 3.60. The number of hydrogen-bond donors (Lipinski definition) is 1. The van der Waals surface area contributed by atoms with Crippen molar-refractivity contribution in [2.75, 3.05) is 19.8 Å². The van der Waals surface area contributed by atoms with Crippen molar-refractivity contribution in [3.63, 3.8) is 0 Å². The molecule has 1 aromatic rings. The summed E-state index contributed by atoms with van der Waals surface area (Å²) in [5.74, 6) is 0. The van der Waals surface area contributed by atoms with Crippen molar-refractivity contribution >= 4 is 11.3 Å². The van der Waals surface area contributed by atoms with Crippen molar-refractivity contribution in [2.45, 2.75) is 46.1 Å². The van der Waals surface area contributed by atoms with E-state index in [9.17, 15) is 0 Å². The molecule has 0 bridgehead atoms. The average Bonchev–Trinajstić information content (AvgIpc) is 2.80. The van der Waals surface area contributed by atoms with E-state index in [0.717, 1.165) is 49.0 Å². The quantitative estimate of drug-likeness (QED) is 0.691. The molecule has 4 nitrogen and oxygen atoms in total. The van der Waals surface area contributed by atoms with Gasteiger partial charge in [-0.1, -0.05) is 18.3 Å². The van der Waals surface area contributed by atoms with Gasteiger partial charge in [-0.3, -0.25) is 0 Å². The third kappa shape index (κ3) is 5.57. The van der Waals surface area contributed by atoms with Crippen molar-refractivity contribution in [2.24, 2.45) is 0 Å². The predicted octanol–water partition coefficient (Wildman–Crippen LogP) is 2.57. The van der Waals surface area contributed by atoms with E-state index in [2.05, 4.69) is 29.4 Å². The maximum absolute atomic E-state index is 5.31. The molecular weight excluding hydrogens is 234 g/mol. The van der Waals surface area contributed by atoms with Gasteiger partial charge in [0, 0.05) is 19.6 Å². The lowest BCUT2D eigenvalue weighted by Gasteiger charge is -2.08. The first-order chi connectivity index (χ1) is 8.27. The normalized spacial score (nSPS) is 12.9. The summed E-state index contributed by atoms with van der Waals surface area (Å²) >= 11 is 1.71. The Kier molecular flexibility index (Phi) is 7.32. The fourth-order valence-corrected chi connectivity index (χ4v) is 2.37. The molecule has 0 aromatic carbocycles. The zero-order valence-corrected chi connectivity index (χ0v) is 11.8. The summed E-state index contributed by atoms with van der Waals surface area (Å²) in [6.07, 6.45) is 3.14. The number of nitrogens with zero attached hydrogens (tertiary/aromatic N) is 2. The smallest absolute Gasteiger partial charge is 0.134 e. The van der Waals surface area contributed by atoms with Crippen LogP contribution in [-0.4, -0.2) is 30.0 Å². The lowest BCUT2D eigenvalue weighted by atomic mass is 10.3. The second kappa shape index (κ2) is 8.55. The lowest BCUT2D eigenvalue weighted by Crippen LogP contribution is -2.18. The molecule has 0 radical (unpaired) electrons. The van der Waals surface area contributed by atoms with E-state index in [1.807, 2.05) is 6.92 Å². The van der Waals surface area contributed by atoms with Crippen molar-refractivity contribution < 1.29 is 4.74 Å². The first kappa shape index (κ1) is 14.5. The summed E-state index contributed by atoms with van der Waals surface area (Å²) in [4.78, 5) is 0. The van der Waals surface area contributed by atoms with Crippen molar-refractivity contribution in [1.29, 1.82) is 0 Å². The maximum atomic E-state index is 5.31. The van der Waals surface area contributed by atoms with Gasteiger partial charge in [0.2, 0.25) is 0 Å². The standard InChI is InChI=1S/C12H23N3OS/c1-4-8-13-10(3)12-15-14-11(17-12)7-6-9-16-5-2/h10,13H,4-9H2,1-3H3. The summed E-state index contributed by atoms with van der Waals surface area (Å²) in [5.41, 5.74) is 0. The minimum absolute atomic E-state index is 0.313. The van der Waals surface area contributed by atoms with E-state index in [1.165, 1.54) is 0 Å². The second-order valence-electron chi connectivity index (χ2n) is 4.01. The number of aryl methyl sites for hydroxylation is 1. The molecule has 17 heavy (non-hydrogen) atoms. The summed E-state index contributed by atoms with van der Waals surface area (Å²) in [6.45, 7) is 8.96. The van der Waals surface area contributed by atoms with Gasteiger partial charge in [0.25, 0.3) is 0 Å².